The van der Waals surface area contributed by atoms with Crippen LogP contribution in [0.1, 0.15) is 34.6 Å². The van der Waals surface area contributed by atoms with Crippen LogP contribution in [0.3, 0.4) is 0 Å². The lowest BCUT2D eigenvalue weighted by molar-refractivity contribution is 0.174. The number of ether oxygens (including phenoxy) is 1. The second-order valence-corrected chi connectivity index (χ2v) is 4.80. The molecule has 1 aliphatic heterocycles. The zero-order valence-corrected chi connectivity index (χ0v) is 10.6. The van der Waals surface area contributed by atoms with Crippen molar-refractivity contribution < 1.29 is 4.74 Å². The highest BCUT2D eigenvalue weighted by atomic mass is 16.5. The summed E-state index contributed by atoms with van der Waals surface area (Å²) < 4.78 is 5.60. The van der Waals surface area contributed by atoms with E-state index in [9.17, 15) is 0 Å². The van der Waals surface area contributed by atoms with E-state index in [1.807, 2.05) is 0 Å². The molecule has 0 radical (unpaired) electrons. The second-order valence-electron chi connectivity index (χ2n) is 4.80. The van der Waals surface area contributed by atoms with Gasteiger partial charge in [0, 0.05) is 0 Å². The molecule has 84 valence electrons. The minimum absolute atomic E-state index is 0.588. The third kappa shape index (κ3) is 3.67. The minimum Gasteiger partial charge on any atom is -0.372 e. The molecule has 0 spiro atoms. The van der Waals surface area contributed by atoms with Crippen LogP contribution in [-0.4, -0.2) is 13.2 Å². The van der Waals surface area contributed by atoms with Crippen molar-refractivity contribution in [2.75, 3.05) is 13.2 Å². The predicted molar refractivity (Wildman–Crippen MR) is 65.9 cm³/mol. The predicted octanol–water partition coefficient (Wildman–Crippen LogP) is 3.88. The summed E-state index contributed by atoms with van der Waals surface area (Å²) in [7, 11) is 0. The van der Waals surface area contributed by atoms with Gasteiger partial charge in [-0.1, -0.05) is 31.6 Å². The van der Waals surface area contributed by atoms with Crippen molar-refractivity contribution in [3.8, 4) is 0 Å². The monoisotopic (exact) mass is 206 g/mol. The van der Waals surface area contributed by atoms with Crippen LogP contribution >= 0.6 is 0 Å². The van der Waals surface area contributed by atoms with Gasteiger partial charge in [0.15, 0.2) is 0 Å². The molecule has 0 N–H and O–H groups in total. The highest BCUT2D eigenvalue weighted by Crippen LogP contribution is 2.23. The molecule has 0 saturated heterocycles. The van der Waals surface area contributed by atoms with E-state index >= 15 is 0 Å². The van der Waals surface area contributed by atoms with Gasteiger partial charge < -0.3 is 4.74 Å². The lowest BCUT2D eigenvalue weighted by Crippen LogP contribution is -2.12. The first kappa shape index (κ1) is 12.3. The molecule has 0 aromatic rings. The van der Waals surface area contributed by atoms with Crippen LogP contribution in [-0.2, 0) is 4.74 Å². The zero-order valence-electron chi connectivity index (χ0n) is 10.6. The van der Waals surface area contributed by atoms with Crippen molar-refractivity contribution >= 4 is 0 Å². The summed E-state index contributed by atoms with van der Waals surface area (Å²) >= 11 is 0. The van der Waals surface area contributed by atoms with E-state index in [1.165, 1.54) is 22.3 Å². The SMILES string of the molecule is CC(C)=CC1=C(C)/C(=C/C(C)C)COC1. The number of rotatable bonds is 2. The summed E-state index contributed by atoms with van der Waals surface area (Å²) in [6, 6.07) is 0. The van der Waals surface area contributed by atoms with Crippen LogP contribution in [0.25, 0.3) is 0 Å². The van der Waals surface area contributed by atoms with Gasteiger partial charge in [0.25, 0.3) is 0 Å². The van der Waals surface area contributed by atoms with Crippen molar-refractivity contribution in [2.24, 2.45) is 5.92 Å². The molecule has 0 bridgehead atoms. The van der Waals surface area contributed by atoms with Crippen LogP contribution in [0.2, 0.25) is 0 Å². The average molecular weight is 206 g/mol. The van der Waals surface area contributed by atoms with Crippen LogP contribution in [0.4, 0.5) is 0 Å². The Kier molecular flexibility index (Phi) is 4.34. The maximum Gasteiger partial charge on any atom is 0.0724 e. The van der Waals surface area contributed by atoms with Gasteiger partial charge in [0.2, 0.25) is 0 Å². The maximum atomic E-state index is 5.60. The van der Waals surface area contributed by atoms with Gasteiger partial charge in [-0.2, -0.15) is 0 Å². The maximum absolute atomic E-state index is 5.60. The molecule has 0 amide bonds. The first-order chi connectivity index (χ1) is 7.00. The quantitative estimate of drug-likeness (QED) is 0.666. The summed E-state index contributed by atoms with van der Waals surface area (Å²) in [6.07, 6.45) is 4.52. The summed E-state index contributed by atoms with van der Waals surface area (Å²) in [4.78, 5) is 0. The third-order valence-electron chi connectivity index (χ3n) is 2.48. The highest BCUT2D eigenvalue weighted by Gasteiger charge is 2.12. The normalized spacial score (nSPS) is 20.0. The summed E-state index contributed by atoms with van der Waals surface area (Å²) in [5.74, 6) is 0.588. The van der Waals surface area contributed by atoms with Gasteiger partial charge in [0.1, 0.15) is 0 Å². The molecule has 0 saturated carbocycles. The van der Waals surface area contributed by atoms with Gasteiger partial charge in [-0.15, -0.1) is 0 Å². The Morgan fingerprint density at radius 2 is 1.93 bits per heavy atom. The zero-order chi connectivity index (χ0) is 11.4. The molecule has 0 unspecified atom stereocenters. The molecule has 0 aromatic carbocycles. The van der Waals surface area contributed by atoms with Gasteiger partial charge >= 0.3 is 0 Å². The average Bonchev–Trinajstić information content (AvgIpc) is 2.10. The number of hydrogen-bond acceptors (Lipinski definition) is 1. The van der Waals surface area contributed by atoms with E-state index in [0.717, 1.165) is 13.2 Å². The van der Waals surface area contributed by atoms with E-state index in [1.54, 1.807) is 0 Å². The minimum atomic E-state index is 0.588. The van der Waals surface area contributed by atoms with E-state index < -0.39 is 0 Å². The van der Waals surface area contributed by atoms with Crippen molar-refractivity contribution in [1.29, 1.82) is 0 Å². The Hall–Kier alpha value is -0.820. The van der Waals surface area contributed by atoms with E-state index in [0.29, 0.717) is 5.92 Å². The Morgan fingerprint density at radius 3 is 2.47 bits per heavy atom. The van der Waals surface area contributed by atoms with E-state index in [-0.39, 0.29) is 0 Å². The molecule has 0 aliphatic carbocycles. The Bertz CT molecular complexity index is 312. The van der Waals surface area contributed by atoms with Crippen molar-refractivity contribution in [1.82, 2.24) is 0 Å². The molecule has 1 heterocycles. The number of allylic oxidation sites excluding steroid dienone is 2. The summed E-state index contributed by atoms with van der Waals surface area (Å²) in [5.41, 5.74) is 5.41. The molecule has 15 heavy (non-hydrogen) atoms. The van der Waals surface area contributed by atoms with Gasteiger partial charge in [-0.05, 0) is 43.4 Å². The topological polar surface area (TPSA) is 9.23 Å². The van der Waals surface area contributed by atoms with Crippen molar-refractivity contribution in [3.63, 3.8) is 0 Å². The Balaban J connectivity index is 3.00. The summed E-state index contributed by atoms with van der Waals surface area (Å²) in [6.45, 7) is 12.4. The van der Waals surface area contributed by atoms with Crippen LogP contribution in [0.5, 0.6) is 0 Å². The fourth-order valence-electron chi connectivity index (χ4n) is 1.77. The Labute approximate surface area is 93.5 Å². The Morgan fingerprint density at radius 1 is 1.27 bits per heavy atom. The fourth-order valence-corrected chi connectivity index (χ4v) is 1.77. The molecule has 0 atom stereocenters. The first-order valence-electron chi connectivity index (χ1n) is 5.64. The molecular weight excluding hydrogens is 184 g/mol. The van der Waals surface area contributed by atoms with Gasteiger partial charge in [-0.3, -0.25) is 0 Å². The van der Waals surface area contributed by atoms with Crippen LogP contribution in [0, 0.1) is 5.92 Å². The van der Waals surface area contributed by atoms with Crippen LogP contribution in [0.15, 0.2) is 34.4 Å². The smallest absolute Gasteiger partial charge is 0.0724 e. The van der Waals surface area contributed by atoms with Gasteiger partial charge in [0.05, 0.1) is 13.2 Å². The first-order valence-corrected chi connectivity index (χ1v) is 5.64. The van der Waals surface area contributed by atoms with Crippen molar-refractivity contribution in [3.05, 3.63) is 34.4 Å². The van der Waals surface area contributed by atoms with E-state index in [2.05, 4.69) is 46.8 Å². The van der Waals surface area contributed by atoms with Gasteiger partial charge in [-0.25, -0.2) is 0 Å². The second kappa shape index (κ2) is 5.32. The summed E-state index contributed by atoms with van der Waals surface area (Å²) in [5, 5.41) is 0. The lowest BCUT2D eigenvalue weighted by Gasteiger charge is -2.20. The fraction of sp³-hybridized carbons (Fsp3) is 0.571. The molecule has 1 aliphatic rings. The lowest BCUT2D eigenvalue weighted by atomic mass is 9.96. The highest BCUT2D eigenvalue weighted by molar-refractivity contribution is 5.42. The molecule has 1 heteroatoms. The molecule has 1 nitrogen and oxygen atoms in total. The molecule has 0 fully saturated rings. The molecule has 1 rings (SSSR count). The molecule has 0 aromatic heterocycles. The van der Waals surface area contributed by atoms with Crippen molar-refractivity contribution in [2.45, 2.75) is 34.6 Å². The number of hydrogen-bond donors (Lipinski definition) is 0. The largest absolute Gasteiger partial charge is 0.372 e. The molecular formula is C14H22O. The third-order valence-corrected chi connectivity index (χ3v) is 2.48. The van der Waals surface area contributed by atoms with E-state index in [4.69, 9.17) is 4.74 Å². The standard InChI is InChI=1S/C14H22O/c1-10(2)6-13-8-15-9-14(12(13)5)7-11(3)4/h6-7,10H,8-9H2,1-5H3/b13-6+. The van der Waals surface area contributed by atoms with Crippen LogP contribution < -0.4 is 0 Å².